The minimum atomic E-state index is -1.79. The molecule has 0 saturated heterocycles. The Morgan fingerprint density at radius 3 is 1.89 bits per heavy atom. The maximum Gasteiger partial charge on any atom is 0.237 e. The van der Waals surface area contributed by atoms with E-state index < -0.39 is 49.4 Å². The van der Waals surface area contributed by atoms with Crippen LogP contribution in [0.2, 0.25) is 0 Å². The standard InChI is InChI=1S/C10H20N2O7/c1-5(14)11-12(6(2)15)3-7(16)9(18)10(19)8(17)4-13/h7-10,13,16-19H,3-4H2,1-2H3,(H,11,14)/t7-,8+,9+,10+/m1/s1. The van der Waals surface area contributed by atoms with Crippen LogP contribution in [0.5, 0.6) is 0 Å². The molecule has 9 nitrogen and oxygen atoms in total. The zero-order valence-corrected chi connectivity index (χ0v) is 10.7. The van der Waals surface area contributed by atoms with E-state index in [1.54, 1.807) is 0 Å². The first-order valence-corrected chi connectivity index (χ1v) is 5.59. The number of carbonyl (C=O) groups excluding carboxylic acids is 2. The van der Waals surface area contributed by atoms with Crippen LogP contribution in [0.3, 0.4) is 0 Å². The summed E-state index contributed by atoms with van der Waals surface area (Å²) in [6, 6.07) is 0. The van der Waals surface area contributed by atoms with Crippen molar-refractivity contribution in [2.24, 2.45) is 0 Å². The average Bonchev–Trinajstić information content (AvgIpc) is 2.34. The second-order valence-electron chi connectivity index (χ2n) is 4.10. The number of aliphatic hydroxyl groups excluding tert-OH is 5. The van der Waals surface area contributed by atoms with Gasteiger partial charge in [-0.25, -0.2) is 0 Å². The van der Waals surface area contributed by atoms with Gasteiger partial charge in [0.15, 0.2) is 0 Å². The number of nitrogens with zero attached hydrogens (tertiary/aromatic N) is 1. The maximum atomic E-state index is 11.2. The number of carbonyl (C=O) groups is 2. The van der Waals surface area contributed by atoms with Crippen LogP contribution in [-0.4, -0.2) is 79.9 Å². The van der Waals surface area contributed by atoms with Gasteiger partial charge in [-0.1, -0.05) is 0 Å². The van der Waals surface area contributed by atoms with Gasteiger partial charge in [-0.3, -0.25) is 20.0 Å². The van der Waals surface area contributed by atoms with E-state index >= 15 is 0 Å². The predicted molar refractivity (Wildman–Crippen MR) is 62.3 cm³/mol. The summed E-state index contributed by atoms with van der Waals surface area (Å²) in [4.78, 5) is 22.0. The Bertz CT molecular complexity index is 312. The van der Waals surface area contributed by atoms with Gasteiger partial charge >= 0.3 is 0 Å². The third-order valence-electron chi connectivity index (χ3n) is 2.37. The molecule has 0 aliphatic heterocycles. The van der Waals surface area contributed by atoms with Crippen LogP contribution in [0.4, 0.5) is 0 Å². The van der Waals surface area contributed by atoms with Crippen molar-refractivity contribution >= 4 is 11.8 Å². The zero-order valence-electron chi connectivity index (χ0n) is 10.7. The topological polar surface area (TPSA) is 151 Å². The molecule has 112 valence electrons. The van der Waals surface area contributed by atoms with Crippen LogP contribution in [0, 0.1) is 0 Å². The minimum Gasteiger partial charge on any atom is -0.394 e. The van der Waals surface area contributed by atoms with Crippen molar-refractivity contribution < 1.29 is 35.1 Å². The summed E-state index contributed by atoms with van der Waals surface area (Å²) in [6.07, 6.45) is -6.83. The highest BCUT2D eigenvalue weighted by Crippen LogP contribution is 2.06. The monoisotopic (exact) mass is 280 g/mol. The Morgan fingerprint density at radius 2 is 1.53 bits per heavy atom. The van der Waals surface area contributed by atoms with Crippen LogP contribution >= 0.6 is 0 Å². The molecule has 0 radical (unpaired) electrons. The van der Waals surface area contributed by atoms with E-state index in [4.69, 9.17) is 10.2 Å². The molecule has 2 amide bonds. The fourth-order valence-corrected chi connectivity index (χ4v) is 1.30. The zero-order chi connectivity index (χ0) is 15.2. The van der Waals surface area contributed by atoms with E-state index in [1.807, 2.05) is 0 Å². The maximum absolute atomic E-state index is 11.2. The van der Waals surface area contributed by atoms with E-state index in [0.717, 1.165) is 18.9 Å². The lowest BCUT2D eigenvalue weighted by Crippen LogP contribution is -2.54. The molecule has 0 aromatic heterocycles. The molecule has 0 heterocycles. The predicted octanol–water partition coefficient (Wildman–Crippen LogP) is -3.68. The van der Waals surface area contributed by atoms with E-state index in [0.29, 0.717) is 0 Å². The molecule has 0 rings (SSSR count). The molecular formula is C10H20N2O7. The van der Waals surface area contributed by atoms with E-state index in [2.05, 4.69) is 5.43 Å². The van der Waals surface area contributed by atoms with E-state index in [9.17, 15) is 24.9 Å². The molecular weight excluding hydrogens is 260 g/mol. The lowest BCUT2D eigenvalue weighted by atomic mass is 10.0. The van der Waals surface area contributed by atoms with Crippen LogP contribution < -0.4 is 5.43 Å². The quantitative estimate of drug-likeness (QED) is 0.274. The summed E-state index contributed by atoms with van der Waals surface area (Å²) in [6.45, 7) is 1.01. The van der Waals surface area contributed by atoms with Crippen LogP contribution in [0.15, 0.2) is 0 Å². The number of hydrazine groups is 1. The molecule has 0 bridgehead atoms. The van der Waals surface area contributed by atoms with Gasteiger partial charge in [0.25, 0.3) is 0 Å². The number of nitrogens with one attached hydrogen (secondary N) is 1. The van der Waals surface area contributed by atoms with Crippen LogP contribution in [0.1, 0.15) is 13.8 Å². The van der Waals surface area contributed by atoms with Crippen LogP contribution in [-0.2, 0) is 9.59 Å². The van der Waals surface area contributed by atoms with Gasteiger partial charge in [-0.15, -0.1) is 0 Å². The van der Waals surface area contributed by atoms with Gasteiger partial charge in [0, 0.05) is 13.8 Å². The Balaban J connectivity index is 4.58. The number of aliphatic hydroxyl groups is 5. The molecule has 4 atom stereocenters. The third-order valence-corrected chi connectivity index (χ3v) is 2.37. The Hall–Kier alpha value is -1.26. The van der Waals surface area contributed by atoms with Crippen LogP contribution in [0.25, 0.3) is 0 Å². The molecule has 0 saturated carbocycles. The molecule has 0 aromatic rings. The Labute approximate surface area is 110 Å². The molecule has 19 heavy (non-hydrogen) atoms. The fourth-order valence-electron chi connectivity index (χ4n) is 1.30. The molecule has 0 spiro atoms. The fraction of sp³-hybridized carbons (Fsp3) is 0.800. The molecule has 0 fully saturated rings. The first-order chi connectivity index (χ1) is 8.70. The van der Waals surface area contributed by atoms with Crippen molar-refractivity contribution in [1.82, 2.24) is 10.4 Å². The smallest absolute Gasteiger partial charge is 0.237 e. The van der Waals surface area contributed by atoms with Crippen molar-refractivity contribution in [3.63, 3.8) is 0 Å². The highest BCUT2D eigenvalue weighted by atomic mass is 16.4. The largest absolute Gasteiger partial charge is 0.394 e. The first kappa shape index (κ1) is 17.7. The normalized spacial score (nSPS) is 17.2. The van der Waals surface area contributed by atoms with Gasteiger partial charge in [0.2, 0.25) is 11.8 Å². The van der Waals surface area contributed by atoms with Crippen molar-refractivity contribution in [1.29, 1.82) is 0 Å². The molecule has 0 aromatic carbocycles. The lowest BCUT2D eigenvalue weighted by molar-refractivity contribution is -0.147. The molecule has 0 unspecified atom stereocenters. The molecule has 0 aliphatic rings. The Morgan fingerprint density at radius 1 is 1.05 bits per heavy atom. The van der Waals surface area contributed by atoms with Gasteiger partial charge in [-0.2, -0.15) is 0 Å². The van der Waals surface area contributed by atoms with E-state index in [-0.39, 0.29) is 0 Å². The van der Waals surface area contributed by atoms with Crippen molar-refractivity contribution in [3.05, 3.63) is 0 Å². The summed E-state index contributed by atoms with van der Waals surface area (Å²) >= 11 is 0. The van der Waals surface area contributed by atoms with Gasteiger partial charge < -0.3 is 25.5 Å². The molecule has 9 heteroatoms. The van der Waals surface area contributed by atoms with Gasteiger partial charge in [-0.05, 0) is 0 Å². The molecule has 6 N–H and O–H groups in total. The second kappa shape index (κ2) is 8.02. The second-order valence-corrected chi connectivity index (χ2v) is 4.10. The number of hydrogen-bond acceptors (Lipinski definition) is 7. The average molecular weight is 280 g/mol. The molecule has 0 aliphatic carbocycles. The summed E-state index contributed by atoms with van der Waals surface area (Å²) in [5.74, 6) is -1.13. The summed E-state index contributed by atoms with van der Waals surface area (Å²) in [7, 11) is 0. The number of hydrogen-bond donors (Lipinski definition) is 6. The lowest BCUT2D eigenvalue weighted by Gasteiger charge is -2.29. The summed E-state index contributed by atoms with van der Waals surface area (Å²) < 4.78 is 0. The van der Waals surface area contributed by atoms with Crippen molar-refractivity contribution in [2.45, 2.75) is 38.3 Å². The van der Waals surface area contributed by atoms with Crippen molar-refractivity contribution in [3.8, 4) is 0 Å². The third kappa shape index (κ3) is 5.94. The highest BCUT2D eigenvalue weighted by molar-refractivity contribution is 5.79. The van der Waals surface area contributed by atoms with E-state index in [1.165, 1.54) is 0 Å². The number of rotatable bonds is 6. The Kier molecular flexibility index (Phi) is 7.49. The summed E-state index contributed by atoms with van der Waals surface area (Å²) in [5.41, 5.74) is 2.13. The van der Waals surface area contributed by atoms with Gasteiger partial charge in [0.1, 0.15) is 24.4 Å². The SMILES string of the molecule is CC(=O)NN(C[C@@H](O)[C@H](O)[C@@H](O)[C@@H](O)CO)C(C)=O. The highest BCUT2D eigenvalue weighted by Gasteiger charge is 2.31. The van der Waals surface area contributed by atoms with Crippen molar-refractivity contribution in [2.75, 3.05) is 13.2 Å². The summed E-state index contributed by atoms with van der Waals surface area (Å²) in [5, 5.41) is 47.0. The number of amides is 2. The first-order valence-electron chi connectivity index (χ1n) is 5.59. The minimum absolute atomic E-state index is 0.481. The van der Waals surface area contributed by atoms with Gasteiger partial charge in [0.05, 0.1) is 13.2 Å².